The quantitative estimate of drug-likeness (QED) is 0.922. The highest BCUT2D eigenvalue weighted by Crippen LogP contribution is 2.21. The predicted octanol–water partition coefficient (Wildman–Crippen LogP) is 2.16. The Morgan fingerprint density at radius 1 is 1.26 bits per heavy atom. The van der Waals surface area contributed by atoms with Crippen LogP contribution in [0.15, 0.2) is 12.1 Å². The Labute approximate surface area is 112 Å². The van der Waals surface area contributed by atoms with Gasteiger partial charge in [-0.15, -0.1) is 0 Å². The summed E-state index contributed by atoms with van der Waals surface area (Å²) in [5.41, 5.74) is 8.15. The monoisotopic (exact) mass is 262 g/mol. The lowest BCUT2D eigenvalue weighted by atomic mass is 10.2. The van der Waals surface area contributed by atoms with Gasteiger partial charge in [-0.25, -0.2) is 9.37 Å². The van der Waals surface area contributed by atoms with Gasteiger partial charge in [0.1, 0.15) is 5.82 Å². The molecule has 1 saturated heterocycles. The van der Waals surface area contributed by atoms with Gasteiger partial charge < -0.3 is 15.2 Å². The van der Waals surface area contributed by atoms with Crippen LogP contribution in [0.3, 0.4) is 0 Å². The molecule has 102 valence electrons. The van der Waals surface area contributed by atoms with Crippen molar-refractivity contribution in [2.24, 2.45) is 0 Å². The Balaban J connectivity index is 1.89. The smallest absolute Gasteiger partial charge is 0.201 e. The van der Waals surface area contributed by atoms with E-state index in [9.17, 15) is 4.39 Å². The van der Waals surface area contributed by atoms with Crippen LogP contribution in [0.25, 0.3) is 11.0 Å². The number of imidazole rings is 1. The van der Waals surface area contributed by atoms with Crippen LogP contribution >= 0.6 is 0 Å². The minimum atomic E-state index is -0.225. The van der Waals surface area contributed by atoms with Crippen LogP contribution in [0.5, 0.6) is 0 Å². The van der Waals surface area contributed by atoms with Crippen LogP contribution in [0.4, 0.5) is 10.3 Å². The van der Waals surface area contributed by atoms with E-state index in [1.807, 2.05) is 10.6 Å². The first-order chi connectivity index (χ1) is 9.15. The second kappa shape index (κ2) is 4.81. The fraction of sp³-hybridized carbons (Fsp3) is 0.500. The largest absolute Gasteiger partial charge is 0.369 e. The fourth-order valence-corrected chi connectivity index (χ4v) is 2.75. The molecule has 4 nitrogen and oxygen atoms in total. The van der Waals surface area contributed by atoms with Crippen molar-refractivity contribution in [2.75, 3.05) is 25.4 Å². The zero-order valence-electron chi connectivity index (χ0n) is 11.2. The molecule has 19 heavy (non-hydrogen) atoms. The molecule has 0 spiro atoms. The molecule has 2 aromatic rings. The first-order valence-electron chi connectivity index (χ1n) is 6.79. The van der Waals surface area contributed by atoms with E-state index in [2.05, 4.69) is 9.88 Å². The van der Waals surface area contributed by atoms with E-state index >= 15 is 0 Å². The minimum absolute atomic E-state index is 0.225. The number of rotatable bonds is 3. The van der Waals surface area contributed by atoms with E-state index in [1.165, 1.54) is 32.0 Å². The highest BCUT2D eigenvalue weighted by Gasteiger charge is 2.14. The van der Waals surface area contributed by atoms with E-state index in [1.54, 1.807) is 6.92 Å². The Morgan fingerprint density at radius 2 is 2.00 bits per heavy atom. The summed E-state index contributed by atoms with van der Waals surface area (Å²) in [7, 11) is 0. The molecule has 1 aliphatic heterocycles. The average Bonchev–Trinajstić information content (AvgIpc) is 2.96. The van der Waals surface area contributed by atoms with Gasteiger partial charge in [0.05, 0.1) is 11.0 Å². The molecule has 0 unspecified atom stereocenters. The Morgan fingerprint density at radius 3 is 2.74 bits per heavy atom. The summed E-state index contributed by atoms with van der Waals surface area (Å²) in [5.74, 6) is 0.246. The van der Waals surface area contributed by atoms with Crippen LogP contribution in [0.1, 0.15) is 18.4 Å². The molecule has 2 heterocycles. The summed E-state index contributed by atoms with van der Waals surface area (Å²) in [4.78, 5) is 6.67. The highest BCUT2D eigenvalue weighted by molar-refractivity contribution is 5.79. The van der Waals surface area contributed by atoms with Gasteiger partial charge >= 0.3 is 0 Å². The average molecular weight is 262 g/mol. The predicted molar refractivity (Wildman–Crippen MR) is 74.5 cm³/mol. The third kappa shape index (κ3) is 2.30. The van der Waals surface area contributed by atoms with Gasteiger partial charge in [-0.05, 0) is 44.5 Å². The van der Waals surface area contributed by atoms with Crippen molar-refractivity contribution in [3.63, 3.8) is 0 Å². The number of anilines is 1. The summed E-state index contributed by atoms with van der Waals surface area (Å²) in [6, 6.07) is 3.30. The topological polar surface area (TPSA) is 47.1 Å². The maximum Gasteiger partial charge on any atom is 0.201 e. The molecule has 0 radical (unpaired) electrons. The van der Waals surface area contributed by atoms with Crippen LogP contribution < -0.4 is 5.73 Å². The Kier molecular flexibility index (Phi) is 3.14. The van der Waals surface area contributed by atoms with Gasteiger partial charge in [0.25, 0.3) is 0 Å². The number of hydrogen-bond acceptors (Lipinski definition) is 3. The lowest BCUT2D eigenvalue weighted by molar-refractivity contribution is 0.325. The van der Waals surface area contributed by atoms with Gasteiger partial charge in [-0.1, -0.05) is 0 Å². The van der Waals surface area contributed by atoms with Crippen LogP contribution in [0.2, 0.25) is 0 Å². The third-order valence-electron chi connectivity index (χ3n) is 3.90. The number of aryl methyl sites for hydroxylation is 1. The number of benzene rings is 1. The van der Waals surface area contributed by atoms with Crippen LogP contribution in [0, 0.1) is 12.7 Å². The van der Waals surface area contributed by atoms with E-state index < -0.39 is 0 Å². The summed E-state index contributed by atoms with van der Waals surface area (Å²) >= 11 is 0. The van der Waals surface area contributed by atoms with Crippen molar-refractivity contribution in [3.05, 3.63) is 23.5 Å². The minimum Gasteiger partial charge on any atom is -0.369 e. The standard InChI is InChI=1S/C14H19FN4/c1-10-8-13-12(9-11(10)15)17-14(16)19(13)7-6-18-4-2-3-5-18/h8-9H,2-7H2,1H3,(H2,16,17). The SMILES string of the molecule is Cc1cc2c(cc1F)nc(N)n2CCN1CCCC1. The van der Waals surface area contributed by atoms with E-state index in [-0.39, 0.29) is 5.82 Å². The van der Waals surface area contributed by atoms with E-state index in [4.69, 9.17) is 5.73 Å². The van der Waals surface area contributed by atoms with Gasteiger partial charge in [-0.3, -0.25) is 0 Å². The molecule has 5 heteroatoms. The van der Waals surface area contributed by atoms with Gasteiger partial charge in [0.2, 0.25) is 5.95 Å². The second-order valence-electron chi connectivity index (χ2n) is 5.26. The number of fused-ring (bicyclic) bond motifs is 1. The molecule has 1 aromatic carbocycles. The molecule has 0 atom stereocenters. The number of aromatic nitrogens is 2. The molecule has 0 saturated carbocycles. The van der Waals surface area contributed by atoms with Crippen molar-refractivity contribution in [1.29, 1.82) is 0 Å². The Bertz CT molecular complexity index is 599. The number of halogens is 1. The first-order valence-corrected chi connectivity index (χ1v) is 6.79. The highest BCUT2D eigenvalue weighted by atomic mass is 19.1. The number of hydrogen-bond donors (Lipinski definition) is 1. The number of nitrogens with two attached hydrogens (primary N) is 1. The zero-order chi connectivity index (χ0) is 13.4. The summed E-state index contributed by atoms with van der Waals surface area (Å²) < 4.78 is 15.5. The maximum atomic E-state index is 13.5. The van der Waals surface area contributed by atoms with E-state index in [0.29, 0.717) is 17.0 Å². The van der Waals surface area contributed by atoms with Crippen LogP contribution in [-0.4, -0.2) is 34.1 Å². The third-order valence-corrected chi connectivity index (χ3v) is 3.90. The molecule has 3 rings (SSSR count). The fourth-order valence-electron chi connectivity index (χ4n) is 2.75. The zero-order valence-corrected chi connectivity index (χ0v) is 11.2. The van der Waals surface area contributed by atoms with Gasteiger partial charge in [-0.2, -0.15) is 0 Å². The molecule has 1 aromatic heterocycles. The molecular weight excluding hydrogens is 243 g/mol. The van der Waals surface area contributed by atoms with E-state index in [0.717, 1.165) is 18.6 Å². The number of nitrogens with zero attached hydrogens (tertiary/aromatic N) is 3. The molecule has 2 N–H and O–H groups in total. The maximum absolute atomic E-state index is 13.5. The normalized spacial score (nSPS) is 16.5. The second-order valence-corrected chi connectivity index (χ2v) is 5.26. The molecule has 1 fully saturated rings. The van der Waals surface area contributed by atoms with Crippen molar-refractivity contribution in [3.8, 4) is 0 Å². The molecule has 0 amide bonds. The van der Waals surface area contributed by atoms with Crippen molar-refractivity contribution < 1.29 is 4.39 Å². The van der Waals surface area contributed by atoms with Crippen molar-refractivity contribution >= 4 is 17.0 Å². The summed E-state index contributed by atoms with van der Waals surface area (Å²) in [5, 5.41) is 0. The molecule has 1 aliphatic rings. The lowest BCUT2D eigenvalue weighted by Crippen LogP contribution is -2.24. The number of nitrogen functional groups attached to an aromatic ring is 1. The lowest BCUT2D eigenvalue weighted by Gasteiger charge is -2.15. The summed E-state index contributed by atoms with van der Waals surface area (Å²) in [6.45, 7) is 5.89. The van der Waals surface area contributed by atoms with Gasteiger partial charge in [0.15, 0.2) is 0 Å². The number of likely N-dealkylation sites (tertiary alicyclic amines) is 1. The van der Waals surface area contributed by atoms with Crippen LogP contribution in [-0.2, 0) is 6.54 Å². The summed E-state index contributed by atoms with van der Waals surface area (Å²) in [6.07, 6.45) is 2.56. The van der Waals surface area contributed by atoms with Gasteiger partial charge in [0, 0.05) is 19.2 Å². The molecular formula is C14H19FN4. The van der Waals surface area contributed by atoms with Crippen molar-refractivity contribution in [2.45, 2.75) is 26.3 Å². The Hall–Kier alpha value is -1.62. The molecule has 0 bridgehead atoms. The molecule has 0 aliphatic carbocycles. The van der Waals surface area contributed by atoms with Crippen molar-refractivity contribution in [1.82, 2.24) is 14.5 Å². The first kappa shape index (κ1) is 12.4.